The zero-order valence-electron chi connectivity index (χ0n) is 12.2. The summed E-state index contributed by atoms with van der Waals surface area (Å²) < 4.78 is 2.39. The van der Waals surface area contributed by atoms with E-state index in [2.05, 4.69) is 10.8 Å². The van der Waals surface area contributed by atoms with E-state index in [1.54, 1.807) is 0 Å². The van der Waals surface area contributed by atoms with E-state index < -0.39 is 0 Å². The average molecular weight is 271 g/mol. The van der Waals surface area contributed by atoms with Gasteiger partial charge >= 0.3 is 0 Å². The average Bonchev–Trinajstić information content (AvgIpc) is 2.79. The Hall–Kier alpha value is -0.830. The van der Waals surface area contributed by atoms with Gasteiger partial charge < -0.3 is 10.3 Å². The maximum atomic E-state index is 6.10. The molecule has 0 spiro atoms. The van der Waals surface area contributed by atoms with Crippen LogP contribution in [0.15, 0.2) is 6.20 Å². The Labute approximate surface area is 120 Å². The van der Waals surface area contributed by atoms with E-state index in [1.165, 1.54) is 43.6 Å². The van der Waals surface area contributed by atoms with Crippen molar-refractivity contribution in [2.24, 2.45) is 29.4 Å². The fourth-order valence-electron chi connectivity index (χ4n) is 6.04. The fraction of sp³-hybridized carbons (Fsp3) is 0.824. The highest BCUT2D eigenvalue weighted by Gasteiger charge is 2.49. The van der Waals surface area contributed by atoms with Gasteiger partial charge in [0.1, 0.15) is 5.82 Å². The van der Waals surface area contributed by atoms with Gasteiger partial charge in [-0.25, -0.2) is 4.98 Å². The second-order valence-electron chi connectivity index (χ2n) is 7.98. The Morgan fingerprint density at radius 3 is 2.45 bits per heavy atom. The highest BCUT2D eigenvalue weighted by atomic mass is 15.1. The van der Waals surface area contributed by atoms with Gasteiger partial charge in [-0.3, -0.25) is 0 Å². The molecule has 1 unspecified atom stereocenters. The van der Waals surface area contributed by atoms with Crippen molar-refractivity contribution in [3.8, 4) is 0 Å². The molecule has 1 aliphatic heterocycles. The summed E-state index contributed by atoms with van der Waals surface area (Å²) in [6.07, 6.45) is 12.0. The second-order valence-corrected chi connectivity index (χ2v) is 7.98. The molecule has 4 fully saturated rings. The Morgan fingerprint density at radius 2 is 1.75 bits per heavy atom. The van der Waals surface area contributed by atoms with Gasteiger partial charge in [0.15, 0.2) is 0 Å². The van der Waals surface area contributed by atoms with Crippen LogP contribution in [0.1, 0.15) is 56.0 Å². The molecule has 4 aliphatic carbocycles. The van der Waals surface area contributed by atoms with Crippen molar-refractivity contribution in [3.63, 3.8) is 0 Å². The highest BCUT2D eigenvalue weighted by Crippen LogP contribution is 2.59. The minimum atomic E-state index is 0.330. The van der Waals surface area contributed by atoms with Crippen LogP contribution in [-0.2, 0) is 13.0 Å². The van der Waals surface area contributed by atoms with Crippen LogP contribution >= 0.6 is 0 Å². The van der Waals surface area contributed by atoms with E-state index in [1.807, 2.05) is 0 Å². The van der Waals surface area contributed by atoms with Crippen molar-refractivity contribution >= 4 is 0 Å². The number of aryl methyl sites for hydroxylation is 1. The molecule has 5 aliphatic rings. The van der Waals surface area contributed by atoms with Gasteiger partial charge in [-0.1, -0.05) is 0 Å². The summed E-state index contributed by atoms with van der Waals surface area (Å²) in [6.45, 7) is 1.08. The molecule has 2 heterocycles. The van der Waals surface area contributed by atoms with Crippen molar-refractivity contribution in [2.75, 3.05) is 0 Å². The summed E-state index contributed by atoms with van der Waals surface area (Å²) in [5, 5.41) is 0. The molecule has 4 saturated carbocycles. The quantitative estimate of drug-likeness (QED) is 0.853. The van der Waals surface area contributed by atoms with Crippen molar-refractivity contribution in [1.29, 1.82) is 0 Å². The molecular formula is C17H25N3. The molecule has 1 aromatic heterocycles. The van der Waals surface area contributed by atoms with Crippen LogP contribution < -0.4 is 5.73 Å². The van der Waals surface area contributed by atoms with Crippen molar-refractivity contribution in [2.45, 2.75) is 63.5 Å². The van der Waals surface area contributed by atoms with E-state index in [0.717, 1.165) is 49.0 Å². The van der Waals surface area contributed by atoms with Crippen molar-refractivity contribution < 1.29 is 0 Å². The number of nitrogens with two attached hydrogens (primary N) is 1. The molecule has 20 heavy (non-hydrogen) atoms. The zero-order chi connectivity index (χ0) is 13.3. The first-order valence-electron chi connectivity index (χ1n) is 8.58. The third-order valence-electron chi connectivity index (χ3n) is 6.63. The second kappa shape index (κ2) is 4.09. The summed E-state index contributed by atoms with van der Waals surface area (Å²) in [5.74, 6) is 6.03. The summed E-state index contributed by atoms with van der Waals surface area (Å²) in [4.78, 5) is 5.03. The number of nitrogens with zero attached hydrogens (tertiary/aromatic N) is 2. The number of imidazole rings is 1. The molecule has 6 rings (SSSR count). The van der Waals surface area contributed by atoms with E-state index in [9.17, 15) is 0 Å². The van der Waals surface area contributed by atoms with Crippen LogP contribution in [0.2, 0.25) is 0 Å². The third-order valence-corrected chi connectivity index (χ3v) is 6.63. The lowest BCUT2D eigenvalue weighted by molar-refractivity contribution is -0.00407. The van der Waals surface area contributed by atoms with Crippen molar-refractivity contribution in [1.82, 2.24) is 9.55 Å². The van der Waals surface area contributed by atoms with Crippen LogP contribution in [0.4, 0.5) is 0 Å². The zero-order valence-corrected chi connectivity index (χ0v) is 12.2. The van der Waals surface area contributed by atoms with E-state index >= 15 is 0 Å². The molecule has 3 heteroatoms. The topological polar surface area (TPSA) is 43.8 Å². The van der Waals surface area contributed by atoms with Gasteiger partial charge in [0.2, 0.25) is 0 Å². The minimum Gasteiger partial charge on any atom is -0.335 e. The number of hydrogen-bond acceptors (Lipinski definition) is 2. The molecule has 0 radical (unpaired) electrons. The van der Waals surface area contributed by atoms with Crippen LogP contribution in [0.25, 0.3) is 0 Å². The smallest absolute Gasteiger partial charge is 0.110 e. The number of fused-ring (bicyclic) bond motifs is 1. The number of hydrogen-bond donors (Lipinski definition) is 1. The van der Waals surface area contributed by atoms with Crippen LogP contribution in [-0.4, -0.2) is 15.6 Å². The third kappa shape index (κ3) is 1.65. The molecule has 108 valence electrons. The lowest BCUT2D eigenvalue weighted by Crippen LogP contribution is -2.43. The first-order valence-corrected chi connectivity index (χ1v) is 8.58. The Balaban J connectivity index is 1.48. The van der Waals surface area contributed by atoms with Crippen LogP contribution in [0.5, 0.6) is 0 Å². The molecule has 3 nitrogen and oxygen atoms in total. The van der Waals surface area contributed by atoms with Gasteiger partial charge in [-0.2, -0.15) is 0 Å². The molecule has 1 atom stereocenters. The summed E-state index contributed by atoms with van der Waals surface area (Å²) in [7, 11) is 0. The Kier molecular flexibility index (Phi) is 2.41. The molecule has 0 aromatic carbocycles. The van der Waals surface area contributed by atoms with E-state index in [0.29, 0.717) is 6.04 Å². The molecule has 0 amide bonds. The molecule has 0 saturated heterocycles. The van der Waals surface area contributed by atoms with Gasteiger partial charge in [-0.15, -0.1) is 0 Å². The van der Waals surface area contributed by atoms with Gasteiger partial charge in [0.25, 0.3) is 0 Å². The molecule has 2 N–H and O–H groups in total. The van der Waals surface area contributed by atoms with Gasteiger partial charge in [-0.05, 0) is 62.2 Å². The standard InChI is InChI=1S/C17H25N3/c18-14-1-2-20-9-15(19-16(20)8-14)17-12-4-10-3-11(6-12)7-13(17)5-10/h9-14,17H,1-8,18H2. The minimum absolute atomic E-state index is 0.330. The van der Waals surface area contributed by atoms with E-state index in [4.69, 9.17) is 10.7 Å². The maximum Gasteiger partial charge on any atom is 0.110 e. The lowest BCUT2D eigenvalue weighted by atomic mass is 9.51. The molecule has 4 bridgehead atoms. The fourth-order valence-corrected chi connectivity index (χ4v) is 6.04. The molecule has 1 aromatic rings. The predicted octanol–water partition coefficient (Wildman–Crippen LogP) is 2.70. The SMILES string of the molecule is NC1CCn2cc(C3C4CC5CC(C4)CC3C5)nc2C1. The predicted molar refractivity (Wildman–Crippen MR) is 78.3 cm³/mol. The number of aromatic nitrogens is 2. The Morgan fingerprint density at radius 1 is 1.05 bits per heavy atom. The number of rotatable bonds is 1. The highest BCUT2D eigenvalue weighted by molar-refractivity contribution is 5.18. The van der Waals surface area contributed by atoms with Crippen LogP contribution in [0.3, 0.4) is 0 Å². The Bertz CT molecular complexity index is 504. The van der Waals surface area contributed by atoms with Gasteiger partial charge in [0, 0.05) is 31.1 Å². The monoisotopic (exact) mass is 271 g/mol. The summed E-state index contributed by atoms with van der Waals surface area (Å²) in [5.41, 5.74) is 7.52. The first-order chi connectivity index (χ1) is 9.76. The van der Waals surface area contributed by atoms with Crippen LogP contribution in [0, 0.1) is 23.7 Å². The largest absolute Gasteiger partial charge is 0.335 e. The normalized spacial score (nSPS) is 45.6. The molecular weight excluding hydrogens is 246 g/mol. The lowest BCUT2D eigenvalue weighted by Gasteiger charge is -2.54. The van der Waals surface area contributed by atoms with Crippen molar-refractivity contribution in [3.05, 3.63) is 17.7 Å². The van der Waals surface area contributed by atoms with Gasteiger partial charge in [0.05, 0.1) is 5.69 Å². The summed E-state index contributed by atoms with van der Waals surface area (Å²) >= 11 is 0. The maximum absolute atomic E-state index is 6.10. The van der Waals surface area contributed by atoms with E-state index in [-0.39, 0.29) is 0 Å². The first kappa shape index (κ1) is 11.8. The summed E-state index contributed by atoms with van der Waals surface area (Å²) in [6, 6.07) is 0.330.